The average Bonchev–Trinajstić information content (AvgIpc) is 3.37. The number of benzene rings is 1. The van der Waals surface area contributed by atoms with Crippen LogP contribution in [0, 0.1) is 0 Å². The Balaban J connectivity index is 1.42. The van der Waals surface area contributed by atoms with E-state index in [0.717, 1.165) is 31.6 Å². The summed E-state index contributed by atoms with van der Waals surface area (Å²) in [7, 11) is 0. The van der Waals surface area contributed by atoms with E-state index in [9.17, 15) is 9.59 Å². The molecule has 7 heteroatoms. The maximum Gasteiger partial charge on any atom is 0.315 e. The van der Waals surface area contributed by atoms with Crippen LogP contribution in [-0.2, 0) is 4.79 Å². The fourth-order valence-corrected chi connectivity index (χ4v) is 2.80. The molecule has 3 rings (SSSR count). The van der Waals surface area contributed by atoms with E-state index in [0.29, 0.717) is 24.2 Å². The number of hydrogen-bond acceptors (Lipinski definition) is 3. The molecule has 1 aromatic carbocycles. The second kappa shape index (κ2) is 7.08. The third-order valence-corrected chi connectivity index (χ3v) is 4.35. The standard InChI is InChI=1S/C16H21ClN4O2/c17-12-2-1-3-14(10-12)20-6-8-21(9-7-20)15(22)11-18-16(23)19-13-4-5-13/h1-3,10,13H,4-9,11H2,(H2,18,19,23). The fourth-order valence-electron chi connectivity index (χ4n) is 2.62. The van der Waals surface area contributed by atoms with Gasteiger partial charge < -0.3 is 20.4 Å². The first-order valence-corrected chi connectivity index (χ1v) is 8.32. The third kappa shape index (κ3) is 4.51. The fraction of sp³-hybridized carbons (Fsp3) is 0.500. The first kappa shape index (κ1) is 15.9. The Morgan fingerprint density at radius 3 is 2.57 bits per heavy atom. The van der Waals surface area contributed by atoms with Crippen molar-refractivity contribution in [1.82, 2.24) is 15.5 Å². The highest BCUT2D eigenvalue weighted by atomic mass is 35.5. The number of nitrogens with one attached hydrogen (secondary N) is 2. The summed E-state index contributed by atoms with van der Waals surface area (Å²) >= 11 is 6.02. The molecule has 2 N–H and O–H groups in total. The van der Waals surface area contributed by atoms with Gasteiger partial charge in [0.2, 0.25) is 5.91 Å². The lowest BCUT2D eigenvalue weighted by molar-refractivity contribution is -0.130. The largest absolute Gasteiger partial charge is 0.368 e. The van der Waals surface area contributed by atoms with Gasteiger partial charge >= 0.3 is 6.03 Å². The summed E-state index contributed by atoms with van der Waals surface area (Å²) < 4.78 is 0. The average molecular weight is 337 g/mol. The second-order valence-corrected chi connectivity index (χ2v) is 6.39. The molecule has 23 heavy (non-hydrogen) atoms. The Bertz CT molecular complexity index is 583. The lowest BCUT2D eigenvalue weighted by Gasteiger charge is -2.36. The van der Waals surface area contributed by atoms with E-state index < -0.39 is 0 Å². The topological polar surface area (TPSA) is 64.7 Å². The zero-order valence-corrected chi connectivity index (χ0v) is 13.7. The van der Waals surface area contributed by atoms with Crippen molar-refractivity contribution < 1.29 is 9.59 Å². The van der Waals surface area contributed by atoms with E-state index in [1.54, 1.807) is 4.90 Å². The summed E-state index contributed by atoms with van der Waals surface area (Å²) in [6, 6.07) is 7.78. The van der Waals surface area contributed by atoms with Gasteiger partial charge in [0.15, 0.2) is 0 Å². The van der Waals surface area contributed by atoms with Crippen molar-refractivity contribution in [1.29, 1.82) is 0 Å². The zero-order valence-electron chi connectivity index (χ0n) is 12.9. The molecule has 1 aromatic rings. The summed E-state index contributed by atoms with van der Waals surface area (Å²) in [5.41, 5.74) is 1.08. The van der Waals surface area contributed by atoms with Crippen molar-refractivity contribution in [2.75, 3.05) is 37.6 Å². The Morgan fingerprint density at radius 1 is 1.17 bits per heavy atom. The van der Waals surface area contributed by atoms with Gasteiger partial charge in [-0.25, -0.2) is 4.79 Å². The van der Waals surface area contributed by atoms with Crippen molar-refractivity contribution in [3.8, 4) is 0 Å². The van der Waals surface area contributed by atoms with Crippen LogP contribution in [0.4, 0.5) is 10.5 Å². The first-order valence-electron chi connectivity index (χ1n) is 7.94. The van der Waals surface area contributed by atoms with Crippen molar-refractivity contribution in [2.45, 2.75) is 18.9 Å². The number of hydrogen-bond donors (Lipinski definition) is 2. The smallest absolute Gasteiger partial charge is 0.315 e. The van der Waals surface area contributed by atoms with Crippen LogP contribution < -0.4 is 15.5 Å². The second-order valence-electron chi connectivity index (χ2n) is 5.95. The van der Waals surface area contributed by atoms with Crippen LogP contribution in [0.1, 0.15) is 12.8 Å². The molecule has 1 heterocycles. The van der Waals surface area contributed by atoms with Crippen molar-refractivity contribution in [3.63, 3.8) is 0 Å². The van der Waals surface area contributed by atoms with Crippen LogP contribution in [0.5, 0.6) is 0 Å². The monoisotopic (exact) mass is 336 g/mol. The summed E-state index contributed by atoms with van der Waals surface area (Å²) in [5.74, 6) is -0.0401. The van der Waals surface area contributed by atoms with Crippen LogP contribution in [0.15, 0.2) is 24.3 Å². The molecule has 0 unspecified atom stereocenters. The maximum atomic E-state index is 12.1. The highest BCUT2D eigenvalue weighted by Gasteiger charge is 2.24. The Kier molecular flexibility index (Phi) is 4.91. The highest BCUT2D eigenvalue weighted by molar-refractivity contribution is 6.30. The van der Waals surface area contributed by atoms with Gasteiger partial charge in [0.05, 0.1) is 6.54 Å². The van der Waals surface area contributed by atoms with Gasteiger partial charge in [-0.3, -0.25) is 4.79 Å². The molecule has 2 fully saturated rings. The number of amides is 3. The number of anilines is 1. The molecule has 0 spiro atoms. The van der Waals surface area contributed by atoms with Crippen molar-refractivity contribution in [2.24, 2.45) is 0 Å². The predicted molar refractivity (Wildman–Crippen MR) is 89.8 cm³/mol. The Morgan fingerprint density at radius 2 is 1.91 bits per heavy atom. The molecule has 1 aliphatic heterocycles. The van der Waals surface area contributed by atoms with Crippen LogP contribution in [0.3, 0.4) is 0 Å². The van der Waals surface area contributed by atoms with Gasteiger partial charge in [-0.2, -0.15) is 0 Å². The van der Waals surface area contributed by atoms with Gasteiger partial charge in [0.1, 0.15) is 0 Å². The number of piperazine rings is 1. The van der Waals surface area contributed by atoms with Crippen LogP contribution in [0.2, 0.25) is 5.02 Å². The lowest BCUT2D eigenvalue weighted by Crippen LogP contribution is -2.52. The minimum atomic E-state index is -0.251. The lowest BCUT2D eigenvalue weighted by atomic mass is 10.2. The molecule has 1 saturated carbocycles. The SMILES string of the molecule is O=C(NCC(=O)N1CCN(c2cccc(Cl)c2)CC1)NC1CC1. The molecule has 6 nitrogen and oxygen atoms in total. The van der Waals surface area contributed by atoms with E-state index >= 15 is 0 Å². The molecule has 2 aliphatic rings. The van der Waals surface area contributed by atoms with Crippen molar-refractivity contribution in [3.05, 3.63) is 29.3 Å². The normalized spacial score (nSPS) is 17.8. The van der Waals surface area contributed by atoms with E-state index in [-0.39, 0.29) is 18.5 Å². The Labute approximate surface area is 140 Å². The number of rotatable bonds is 4. The van der Waals surface area contributed by atoms with Crippen LogP contribution >= 0.6 is 11.6 Å². The molecule has 124 valence electrons. The molecule has 0 aromatic heterocycles. The molecule has 0 atom stereocenters. The third-order valence-electron chi connectivity index (χ3n) is 4.12. The number of urea groups is 1. The molecule has 0 radical (unpaired) electrons. The summed E-state index contributed by atoms with van der Waals surface area (Å²) in [5, 5.41) is 6.15. The molecule has 1 aliphatic carbocycles. The molecule has 3 amide bonds. The molecule has 1 saturated heterocycles. The molecular weight excluding hydrogens is 316 g/mol. The van der Waals surface area contributed by atoms with Gasteiger partial charge in [-0.1, -0.05) is 17.7 Å². The van der Waals surface area contributed by atoms with E-state index in [1.165, 1.54) is 0 Å². The van der Waals surface area contributed by atoms with Crippen LogP contribution in [-0.4, -0.2) is 55.6 Å². The number of halogens is 1. The zero-order chi connectivity index (χ0) is 16.2. The van der Waals surface area contributed by atoms with E-state index in [1.807, 2.05) is 24.3 Å². The van der Waals surface area contributed by atoms with Gasteiger partial charge in [0, 0.05) is 42.9 Å². The molecular formula is C16H21ClN4O2. The Hall–Kier alpha value is -1.95. The number of nitrogens with zero attached hydrogens (tertiary/aromatic N) is 2. The highest BCUT2D eigenvalue weighted by Crippen LogP contribution is 2.20. The quantitative estimate of drug-likeness (QED) is 0.874. The minimum Gasteiger partial charge on any atom is -0.368 e. The summed E-state index contributed by atoms with van der Waals surface area (Å²) in [6.45, 7) is 2.88. The predicted octanol–water partition coefficient (Wildman–Crippen LogP) is 1.45. The van der Waals surface area contributed by atoms with E-state index in [2.05, 4.69) is 15.5 Å². The van der Waals surface area contributed by atoms with Gasteiger partial charge in [-0.05, 0) is 31.0 Å². The summed E-state index contributed by atoms with van der Waals surface area (Å²) in [4.78, 5) is 27.7. The first-order chi connectivity index (χ1) is 11.1. The molecule has 0 bridgehead atoms. The van der Waals surface area contributed by atoms with E-state index in [4.69, 9.17) is 11.6 Å². The van der Waals surface area contributed by atoms with Crippen molar-refractivity contribution >= 4 is 29.2 Å². The van der Waals surface area contributed by atoms with Gasteiger partial charge in [0.25, 0.3) is 0 Å². The summed E-state index contributed by atoms with van der Waals surface area (Å²) in [6.07, 6.45) is 2.07. The van der Waals surface area contributed by atoms with Gasteiger partial charge in [-0.15, -0.1) is 0 Å². The number of carbonyl (C=O) groups is 2. The number of carbonyl (C=O) groups excluding carboxylic acids is 2. The van der Waals surface area contributed by atoms with Crippen LogP contribution in [0.25, 0.3) is 0 Å². The minimum absolute atomic E-state index is 0.0401. The maximum absolute atomic E-state index is 12.1.